The Kier molecular flexibility index (Phi) is 7.12. The summed E-state index contributed by atoms with van der Waals surface area (Å²) in [7, 11) is 0. The lowest BCUT2D eigenvalue weighted by Crippen LogP contribution is -2.09. The van der Waals surface area contributed by atoms with Crippen LogP contribution in [0.15, 0.2) is 0 Å². The van der Waals surface area contributed by atoms with E-state index in [0.29, 0.717) is 5.78 Å². The summed E-state index contributed by atoms with van der Waals surface area (Å²) >= 11 is 0. The number of hydrogen-bond donors (Lipinski definition) is 0. The zero-order chi connectivity index (χ0) is 9.40. The van der Waals surface area contributed by atoms with E-state index in [1.165, 1.54) is 32.1 Å². The quantitative estimate of drug-likeness (QED) is 0.619. The monoisotopic (exact) mass is 170 g/mol. The van der Waals surface area contributed by atoms with Crippen molar-refractivity contribution in [3.63, 3.8) is 0 Å². The minimum absolute atomic E-state index is 0.368. The maximum Gasteiger partial charge on any atom is 0.130 e. The highest BCUT2D eigenvalue weighted by molar-refractivity contribution is 5.75. The van der Waals surface area contributed by atoms with E-state index in [2.05, 4.69) is 0 Å². The highest BCUT2D eigenvalue weighted by atomic mass is 16.1. The van der Waals surface area contributed by atoms with E-state index >= 15 is 0 Å². The van der Waals surface area contributed by atoms with Gasteiger partial charge in [-0.3, -0.25) is 0 Å². The highest BCUT2D eigenvalue weighted by Gasteiger charge is 2.14. The summed E-state index contributed by atoms with van der Waals surface area (Å²) in [5.74, 6) is 1.10. The Morgan fingerprint density at radius 3 is 2.08 bits per heavy atom. The lowest BCUT2D eigenvalue weighted by Gasteiger charge is -2.19. The molecule has 0 aromatic rings. The van der Waals surface area contributed by atoms with Crippen molar-refractivity contribution in [2.24, 2.45) is 5.92 Å². The van der Waals surface area contributed by atoms with Crippen molar-refractivity contribution >= 4 is 5.78 Å². The number of carbonyl (C=O) groups is 1. The van der Waals surface area contributed by atoms with Crippen molar-refractivity contribution in [1.82, 2.24) is 0 Å². The summed E-state index contributed by atoms with van der Waals surface area (Å²) in [6, 6.07) is 0. The van der Waals surface area contributed by atoms with Gasteiger partial charge in [0.1, 0.15) is 5.78 Å². The fourth-order valence-corrected chi connectivity index (χ4v) is 1.80. The predicted molar refractivity (Wildman–Crippen MR) is 53.2 cm³/mol. The van der Waals surface area contributed by atoms with E-state index in [1.807, 2.05) is 13.8 Å². The third kappa shape index (κ3) is 5.34. The minimum Gasteiger partial charge on any atom is -0.300 e. The smallest absolute Gasteiger partial charge is 0.130 e. The first kappa shape index (κ1) is 11.7. The van der Waals surface area contributed by atoms with Crippen molar-refractivity contribution in [2.75, 3.05) is 0 Å². The fraction of sp³-hybridized carbons (Fsp3) is 0.909. The summed E-state index contributed by atoms with van der Waals surface area (Å²) in [5, 5.41) is 0. The molecule has 0 unspecified atom stereocenters. The van der Waals surface area contributed by atoms with E-state index in [4.69, 9.17) is 0 Å². The maximum atomic E-state index is 10.7. The fourth-order valence-electron chi connectivity index (χ4n) is 1.80. The molecule has 1 aliphatic carbocycles. The van der Waals surface area contributed by atoms with E-state index < -0.39 is 0 Å². The third-order valence-electron chi connectivity index (χ3n) is 2.30. The van der Waals surface area contributed by atoms with Gasteiger partial charge in [0.15, 0.2) is 0 Å². The Hall–Kier alpha value is -0.330. The molecule has 12 heavy (non-hydrogen) atoms. The zero-order valence-electron chi connectivity index (χ0n) is 8.73. The molecule has 0 atom stereocenters. The van der Waals surface area contributed by atoms with Crippen LogP contribution in [0.2, 0.25) is 0 Å². The van der Waals surface area contributed by atoms with E-state index in [1.54, 1.807) is 6.92 Å². The Balaban J connectivity index is 0.000000561. The third-order valence-corrected chi connectivity index (χ3v) is 2.30. The second kappa shape index (κ2) is 7.33. The van der Waals surface area contributed by atoms with Crippen LogP contribution in [0.5, 0.6) is 0 Å². The molecule has 1 aliphatic rings. The van der Waals surface area contributed by atoms with Gasteiger partial charge in [-0.05, 0) is 12.8 Å². The molecular formula is C11H22O. The molecule has 0 spiro atoms. The Morgan fingerprint density at radius 2 is 1.67 bits per heavy atom. The first-order valence-corrected chi connectivity index (χ1v) is 5.28. The first-order valence-electron chi connectivity index (χ1n) is 5.28. The summed E-state index contributed by atoms with van der Waals surface area (Å²) in [5.41, 5.74) is 0. The van der Waals surface area contributed by atoms with Crippen LogP contribution in [0.25, 0.3) is 0 Å². The van der Waals surface area contributed by atoms with Crippen molar-refractivity contribution in [1.29, 1.82) is 0 Å². The molecule has 0 aliphatic heterocycles. The van der Waals surface area contributed by atoms with Gasteiger partial charge < -0.3 is 4.79 Å². The van der Waals surface area contributed by atoms with Crippen molar-refractivity contribution in [2.45, 2.75) is 59.3 Å². The molecule has 1 nitrogen and oxygen atoms in total. The van der Waals surface area contributed by atoms with Crippen molar-refractivity contribution < 1.29 is 4.79 Å². The number of Topliss-reactive ketones (excluding diaryl/α,β-unsaturated/α-hetero) is 1. The largest absolute Gasteiger partial charge is 0.300 e. The van der Waals surface area contributed by atoms with E-state index in [-0.39, 0.29) is 0 Å². The molecule has 0 N–H and O–H groups in total. The van der Waals surface area contributed by atoms with Gasteiger partial charge in [0.25, 0.3) is 0 Å². The van der Waals surface area contributed by atoms with Gasteiger partial charge >= 0.3 is 0 Å². The molecule has 72 valence electrons. The van der Waals surface area contributed by atoms with Gasteiger partial charge in [-0.2, -0.15) is 0 Å². The molecule has 0 aromatic heterocycles. The van der Waals surface area contributed by atoms with Crippen molar-refractivity contribution in [3.8, 4) is 0 Å². The van der Waals surface area contributed by atoms with Crippen LogP contribution in [0.1, 0.15) is 59.3 Å². The second-order valence-electron chi connectivity index (χ2n) is 3.41. The molecule has 0 aromatic carbocycles. The molecule has 1 fully saturated rings. The summed E-state index contributed by atoms with van der Waals surface area (Å²) in [6.45, 7) is 5.70. The summed E-state index contributed by atoms with van der Waals surface area (Å²) in [6.07, 6.45) is 7.49. The molecule has 1 rings (SSSR count). The van der Waals surface area contributed by atoms with Crippen LogP contribution < -0.4 is 0 Å². The normalized spacial score (nSPS) is 17.9. The average molecular weight is 170 g/mol. The van der Waals surface area contributed by atoms with Gasteiger partial charge in [0.05, 0.1) is 0 Å². The lowest BCUT2D eigenvalue weighted by molar-refractivity contribution is -0.118. The summed E-state index contributed by atoms with van der Waals surface area (Å²) in [4.78, 5) is 10.7. The molecular weight excluding hydrogens is 148 g/mol. The molecule has 1 heteroatoms. The first-order chi connectivity index (χ1) is 5.79. The number of carbonyl (C=O) groups excluding carboxylic acids is 1. The Bertz CT molecular complexity index is 112. The van der Waals surface area contributed by atoms with Gasteiger partial charge in [0.2, 0.25) is 0 Å². The molecule has 0 heterocycles. The Morgan fingerprint density at radius 1 is 1.17 bits per heavy atom. The molecule has 0 saturated heterocycles. The highest BCUT2D eigenvalue weighted by Crippen LogP contribution is 2.26. The SMILES string of the molecule is CC.CC(=O)CC1CCCCC1. The lowest BCUT2D eigenvalue weighted by atomic mass is 9.86. The molecule has 1 saturated carbocycles. The van der Waals surface area contributed by atoms with Gasteiger partial charge in [0, 0.05) is 6.42 Å². The standard InChI is InChI=1S/C9H16O.C2H6/c1-8(10)7-9-5-3-2-4-6-9;1-2/h9H,2-7H2,1H3;1-2H3. The van der Waals surface area contributed by atoms with Gasteiger partial charge in [-0.15, -0.1) is 0 Å². The van der Waals surface area contributed by atoms with Gasteiger partial charge in [-0.1, -0.05) is 46.0 Å². The van der Waals surface area contributed by atoms with Crippen LogP contribution >= 0.6 is 0 Å². The van der Waals surface area contributed by atoms with E-state index in [0.717, 1.165) is 12.3 Å². The van der Waals surface area contributed by atoms with Crippen LogP contribution in [0.3, 0.4) is 0 Å². The number of rotatable bonds is 2. The molecule has 0 amide bonds. The summed E-state index contributed by atoms with van der Waals surface area (Å²) < 4.78 is 0. The van der Waals surface area contributed by atoms with Crippen LogP contribution in [-0.4, -0.2) is 5.78 Å². The Labute approximate surface area is 76.6 Å². The molecule has 0 radical (unpaired) electrons. The van der Waals surface area contributed by atoms with E-state index in [9.17, 15) is 4.79 Å². The average Bonchev–Trinajstić information content (AvgIpc) is 2.08. The molecule has 0 bridgehead atoms. The second-order valence-corrected chi connectivity index (χ2v) is 3.41. The number of ketones is 1. The van der Waals surface area contributed by atoms with Crippen LogP contribution in [0, 0.1) is 5.92 Å². The topological polar surface area (TPSA) is 17.1 Å². The van der Waals surface area contributed by atoms with Crippen LogP contribution in [0.4, 0.5) is 0 Å². The van der Waals surface area contributed by atoms with Crippen LogP contribution in [-0.2, 0) is 4.79 Å². The predicted octanol–water partition coefficient (Wildman–Crippen LogP) is 3.57. The zero-order valence-corrected chi connectivity index (χ0v) is 8.73. The van der Waals surface area contributed by atoms with Gasteiger partial charge in [-0.25, -0.2) is 0 Å². The minimum atomic E-state index is 0.368. The maximum absolute atomic E-state index is 10.7. The number of hydrogen-bond acceptors (Lipinski definition) is 1. The van der Waals surface area contributed by atoms with Crippen molar-refractivity contribution in [3.05, 3.63) is 0 Å².